The van der Waals surface area contributed by atoms with Crippen molar-refractivity contribution >= 4 is 11.6 Å². The highest BCUT2D eigenvalue weighted by molar-refractivity contribution is 6.30. The second-order valence-corrected chi connectivity index (χ2v) is 5.95. The first-order valence-corrected chi connectivity index (χ1v) is 7.64. The number of hydrogen-bond acceptors (Lipinski definition) is 3. The lowest BCUT2D eigenvalue weighted by molar-refractivity contribution is 0.115. The predicted molar refractivity (Wildman–Crippen MR) is 89.3 cm³/mol. The van der Waals surface area contributed by atoms with Crippen molar-refractivity contribution in [1.29, 1.82) is 5.26 Å². The van der Waals surface area contributed by atoms with Crippen LogP contribution in [0.2, 0.25) is 5.02 Å². The lowest BCUT2D eigenvalue weighted by Gasteiger charge is -2.27. The Morgan fingerprint density at radius 2 is 1.78 bits per heavy atom. The van der Waals surface area contributed by atoms with E-state index in [4.69, 9.17) is 21.1 Å². The number of ether oxygens (including phenoxy) is 2. The van der Waals surface area contributed by atoms with Gasteiger partial charge in [-0.1, -0.05) is 35.9 Å². The van der Waals surface area contributed by atoms with E-state index in [0.29, 0.717) is 5.02 Å². The summed E-state index contributed by atoms with van der Waals surface area (Å²) in [6.07, 6.45) is 1.48. The van der Waals surface area contributed by atoms with Gasteiger partial charge >= 0.3 is 0 Å². The third kappa shape index (κ3) is 2.67. The number of benzene rings is 2. The highest BCUT2D eigenvalue weighted by Crippen LogP contribution is 2.47. The van der Waals surface area contributed by atoms with Gasteiger partial charge in [0.1, 0.15) is 17.3 Å². The first-order valence-electron chi connectivity index (χ1n) is 7.26. The summed E-state index contributed by atoms with van der Waals surface area (Å²) in [5.41, 5.74) is 0.918. The maximum Gasteiger partial charge on any atom is 0.150 e. The van der Waals surface area contributed by atoms with E-state index in [1.54, 1.807) is 19.2 Å². The molecule has 0 radical (unpaired) electrons. The molecule has 0 N–H and O–H groups in total. The van der Waals surface area contributed by atoms with E-state index in [-0.39, 0.29) is 0 Å². The Bertz CT molecular complexity index is 775. The van der Waals surface area contributed by atoms with Crippen LogP contribution in [-0.2, 0) is 10.2 Å². The number of methoxy groups -OCH3 is 1. The molecule has 1 aliphatic heterocycles. The molecule has 0 saturated carbocycles. The number of hydrogen-bond donors (Lipinski definition) is 0. The van der Waals surface area contributed by atoms with Crippen LogP contribution in [0.4, 0.5) is 0 Å². The molecule has 0 bridgehead atoms. The molecule has 0 aromatic heterocycles. The first-order chi connectivity index (χ1) is 11.1. The van der Waals surface area contributed by atoms with Gasteiger partial charge in [0.25, 0.3) is 0 Å². The highest BCUT2D eigenvalue weighted by Gasteiger charge is 2.46. The molecule has 1 aliphatic rings. The van der Waals surface area contributed by atoms with Gasteiger partial charge < -0.3 is 9.47 Å². The van der Waals surface area contributed by atoms with Gasteiger partial charge in [0.2, 0.25) is 0 Å². The van der Waals surface area contributed by atoms with E-state index in [2.05, 4.69) is 6.07 Å². The second-order valence-electron chi connectivity index (χ2n) is 5.51. The molecule has 23 heavy (non-hydrogen) atoms. The van der Waals surface area contributed by atoms with Crippen LogP contribution in [0.3, 0.4) is 0 Å². The van der Waals surface area contributed by atoms with Crippen LogP contribution in [0.1, 0.15) is 24.2 Å². The molecule has 2 aromatic carbocycles. The van der Waals surface area contributed by atoms with E-state index in [9.17, 15) is 5.26 Å². The largest absolute Gasteiger partial charge is 0.497 e. The molecule has 2 atom stereocenters. The SMILES string of the molecule is COc1ccc([C@@H]2OC(C)=C[C@]2(C#N)c2ccc(Cl)cc2)cc1. The van der Waals surface area contributed by atoms with Crippen LogP contribution >= 0.6 is 11.6 Å². The lowest BCUT2D eigenvalue weighted by atomic mass is 9.75. The minimum atomic E-state index is -0.872. The number of nitriles is 1. The highest BCUT2D eigenvalue weighted by atomic mass is 35.5. The predicted octanol–water partition coefficient (Wildman–Crippen LogP) is 4.79. The summed E-state index contributed by atoms with van der Waals surface area (Å²) in [7, 11) is 1.63. The Labute approximate surface area is 140 Å². The van der Waals surface area contributed by atoms with Crippen LogP contribution in [0.25, 0.3) is 0 Å². The van der Waals surface area contributed by atoms with E-state index >= 15 is 0 Å². The van der Waals surface area contributed by atoms with Crippen LogP contribution in [0, 0.1) is 11.3 Å². The zero-order valence-electron chi connectivity index (χ0n) is 12.9. The average Bonchev–Trinajstić information content (AvgIpc) is 2.93. The Kier molecular flexibility index (Phi) is 4.02. The molecule has 0 amide bonds. The van der Waals surface area contributed by atoms with Gasteiger partial charge in [0, 0.05) is 5.02 Å². The maximum absolute atomic E-state index is 9.96. The summed E-state index contributed by atoms with van der Waals surface area (Å²) < 4.78 is 11.2. The second kappa shape index (κ2) is 5.98. The molecule has 4 heteroatoms. The molecule has 0 fully saturated rings. The molecular formula is C19H16ClNO2. The fourth-order valence-electron chi connectivity index (χ4n) is 2.93. The van der Waals surface area contributed by atoms with Gasteiger partial charge in [0.15, 0.2) is 0 Å². The molecule has 2 aromatic rings. The Morgan fingerprint density at radius 3 is 2.35 bits per heavy atom. The normalized spacial score (nSPS) is 22.9. The van der Waals surface area contributed by atoms with Crippen LogP contribution in [0.5, 0.6) is 5.75 Å². The smallest absolute Gasteiger partial charge is 0.150 e. The quantitative estimate of drug-likeness (QED) is 0.815. The molecule has 0 spiro atoms. The van der Waals surface area contributed by atoms with Gasteiger partial charge in [-0.15, -0.1) is 0 Å². The van der Waals surface area contributed by atoms with Crippen molar-refractivity contribution in [2.24, 2.45) is 0 Å². The summed E-state index contributed by atoms with van der Waals surface area (Å²) in [6.45, 7) is 1.87. The number of halogens is 1. The minimum Gasteiger partial charge on any atom is -0.497 e. The molecule has 0 saturated heterocycles. The molecular weight excluding hydrogens is 310 g/mol. The summed E-state index contributed by atoms with van der Waals surface area (Å²) in [5, 5.41) is 10.6. The van der Waals surface area contributed by atoms with Gasteiger partial charge in [-0.3, -0.25) is 0 Å². The van der Waals surface area contributed by atoms with Crippen molar-refractivity contribution in [3.63, 3.8) is 0 Å². The lowest BCUT2D eigenvalue weighted by Crippen LogP contribution is -2.27. The van der Waals surface area contributed by atoms with Crippen molar-refractivity contribution in [2.45, 2.75) is 18.4 Å². The zero-order valence-corrected chi connectivity index (χ0v) is 13.7. The van der Waals surface area contributed by atoms with Gasteiger partial charge in [-0.2, -0.15) is 5.26 Å². The summed E-state index contributed by atoms with van der Waals surface area (Å²) in [6, 6.07) is 17.4. The number of rotatable bonds is 3. The zero-order chi connectivity index (χ0) is 16.4. The molecule has 3 nitrogen and oxygen atoms in total. The Hall–Kier alpha value is -2.44. The Balaban J connectivity index is 2.08. The fourth-order valence-corrected chi connectivity index (χ4v) is 3.06. The minimum absolute atomic E-state index is 0.403. The van der Waals surface area contributed by atoms with Crippen molar-refractivity contribution in [3.8, 4) is 11.8 Å². The summed E-state index contributed by atoms with van der Waals surface area (Å²) in [5.74, 6) is 1.51. The van der Waals surface area contributed by atoms with Crippen molar-refractivity contribution in [1.82, 2.24) is 0 Å². The summed E-state index contributed by atoms with van der Waals surface area (Å²) >= 11 is 5.98. The number of allylic oxidation sites excluding steroid dienone is 1. The fraction of sp³-hybridized carbons (Fsp3) is 0.211. The topological polar surface area (TPSA) is 42.2 Å². The van der Waals surface area contributed by atoms with E-state index < -0.39 is 11.5 Å². The monoisotopic (exact) mass is 325 g/mol. The molecule has 3 rings (SSSR count). The third-order valence-electron chi connectivity index (χ3n) is 4.07. The van der Waals surface area contributed by atoms with Crippen LogP contribution in [0.15, 0.2) is 60.4 Å². The van der Waals surface area contributed by atoms with Gasteiger partial charge in [-0.05, 0) is 48.4 Å². The summed E-state index contributed by atoms with van der Waals surface area (Å²) in [4.78, 5) is 0. The van der Waals surface area contributed by atoms with E-state index in [1.807, 2.05) is 49.4 Å². The van der Waals surface area contributed by atoms with Crippen molar-refractivity contribution in [2.75, 3.05) is 7.11 Å². The average molecular weight is 326 g/mol. The van der Waals surface area contributed by atoms with Gasteiger partial charge in [0.05, 0.1) is 18.9 Å². The van der Waals surface area contributed by atoms with Crippen molar-refractivity contribution < 1.29 is 9.47 Å². The molecule has 0 unspecified atom stereocenters. The van der Waals surface area contributed by atoms with Gasteiger partial charge in [-0.25, -0.2) is 0 Å². The molecule has 1 heterocycles. The van der Waals surface area contributed by atoms with E-state index in [0.717, 1.165) is 22.6 Å². The standard InChI is InChI=1S/C19H16ClNO2/c1-13-11-19(12-21,15-5-7-16(20)8-6-15)18(23-13)14-3-9-17(22-2)10-4-14/h3-11,18H,1-2H3/t18-,19-/m0/s1. The first kappa shape index (κ1) is 15.5. The van der Waals surface area contributed by atoms with Crippen molar-refractivity contribution in [3.05, 3.63) is 76.5 Å². The third-order valence-corrected chi connectivity index (χ3v) is 4.33. The van der Waals surface area contributed by atoms with Crippen LogP contribution in [-0.4, -0.2) is 7.11 Å². The molecule has 116 valence electrons. The Morgan fingerprint density at radius 1 is 1.13 bits per heavy atom. The molecule has 0 aliphatic carbocycles. The maximum atomic E-state index is 9.96. The number of nitrogens with zero attached hydrogens (tertiary/aromatic N) is 1. The van der Waals surface area contributed by atoms with Crippen LogP contribution < -0.4 is 4.74 Å². The van der Waals surface area contributed by atoms with E-state index in [1.165, 1.54) is 0 Å².